The Hall–Kier alpha value is -0.253. The van der Waals surface area contributed by atoms with Gasteiger partial charge in [0.1, 0.15) is 0 Å². The van der Waals surface area contributed by atoms with Gasteiger partial charge in [0.15, 0.2) is 6.17 Å². The van der Waals surface area contributed by atoms with Crippen LogP contribution in [-0.2, 0) is 0 Å². The summed E-state index contributed by atoms with van der Waals surface area (Å²) in [6.45, 7) is 5.16. The maximum atomic E-state index is 12.2. The highest BCUT2D eigenvalue weighted by molar-refractivity contribution is 6.62. The monoisotopic (exact) mass is 167 g/mol. The highest BCUT2D eigenvalue weighted by atomic mass is 28.3. The Bertz CT molecular complexity index is 105. The third-order valence-corrected chi connectivity index (χ3v) is 2.87. The average molecular weight is 167 g/mol. The molecule has 0 nitrogen and oxygen atoms in total. The van der Waals surface area contributed by atoms with Gasteiger partial charge < -0.3 is 0 Å². The number of halogens is 3. The molecule has 0 saturated carbocycles. The van der Waals surface area contributed by atoms with Gasteiger partial charge in [-0.05, 0) is 6.04 Å². The van der Waals surface area contributed by atoms with E-state index in [1.54, 1.807) is 12.2 Å². The summed E-state index contributed by atoms with van der Waals surface area (Å²) in [5.74, 6) is 0. The van der Waals surface area contributed by atoms with Gasteiger partial charge in [0, 0.05) is 0 Å². The Balaban J connectivity index is 3.56. The lowest BCUT2D eigenvalue weighted by Gasteiger charge is -2.07. The highest BCUT2D eigenvalue weighted by Gasteiger charge is 2.20. The first-order chi connectivity index (χ1) is 4.57. The van der Waals surface area contributed by atoms with E-state index in [0.29, 0.717) is 0 Å². The van der Waals surface area contributed by atoms with Crippen molar-refractivity contribution in [3.63, 3.8) is 0 Å². The van der Waals surface area contributed by atoms with Crippen LogP contribution in [-0.4, -0.2) is 21.4 Å². The van der Waals surface area contributed by atoms with Crippen molar-refractivity contribution in [3.8, 4) is 0 Å². The van der Waals surface area contributed by atoms with E-state index in [4.69, 9.17) is 0 Å². The largest absolute Gasteiger partial charge is 0.269 e. The first-order valence-corrected chi connectivity index (χ1v) is 5.23. The smallest absolute Gasteiger partial charge is 0.242 e. The summed E-state index contributed by atoms with van der Waals surface area (Å²) in [6, 6.07) is -0.0359. The maximum absolute atomic E-state index is 12.2. The molecule has 0 amide bonds. The van der Waals surface area contributed by atoms with Crippen LogP contribution in [0.2, 0.25) is 12.6 Å². The minimum Gasteiger partial charge on any atom is -0.242 e. The van der Waals surface area contributed by atoms with Gasteiger partial charge in [-0.25, -0.2) is 13.2 Å². The standard InChI is InChI=1S/C6H10F3Si/c1-3-10(2)4-5(7)6(8)9/h3,5-6H,1,4H2,2H3. The zero-order valence-electron chi connectivity index (χ0n) is 5.78. The van der Waals surface area contributed by atoms with Gasteiger partial charge in [0.25, 0.3) is 6.43 Å². The second-order valence-electron chi connectivity index (χ2n) is 2.11. The molecular formula is C6H10F3Si. The van der Waals surface area contributed by atoms with Gasteiger partial charge in [-0.1, -0.05) is 6.55 Å². The van der Waals surface area contributed by atoms with Crippen molar-refractivity contribution >= 4 is 8.80 Å². The predicted molar refractivity (Wildman–Crippen MR) is 37.5 cm³/mol. The van der Waals surface area contributed by atoms with E-state index >= 15 is 0 Å². The van der Waals surface area contributed by atoms with Crippen LogP contribution in [0.4, 0.5) is 13.2 Å². The van der Waals surface area contributed by atoms with Gasteiger partial charge in [0.05, 0.1) is 8.80 Å². The molecule has 0 aromatic rings. The molecule has 0 rings (SSSR count). The number of hydrogen-bond acceptors (Lipinski definition) is 0. The van der Waals surface area contributed by atoms with Crippen LogP contribution in [0.5, 0.6) is 0 Å². The molecule has 0 heterocycles. The van der Waals surface area contributed by atoms with Crippen molar-refractivity contribution in [1.82, 2.24) is 0 Å². The molecular weight excluding hydrogens is 157 g/mol. The quantitative estimate of drug-likeness (QED) is 0.564. The van der Waals surface area contributed by atoms with Gasteiger partial charge >= 0.3 is 0 Å². The SMILES string of the molecule is C=C[Si](C)CC(F)C(F)F. The molecule has 0 aromatic carbocycles. The molecule has 0 aromatic heterocycles. The normalized spacial score (nSPS) is 14.2. The van der Waals surface area contributed by atoms with E-state index in [1.807, 2.05) is 0 Å². The van der Waals surface area contributed by atoms with Gasteiger partial charge in [-0.15, -0.1) is 12.3 Å². The molecule has 0 aliphatic carbocycles. The first-order valence-electron chi connectivity index (χ1n) is 2.95. The summed E-state index contributed by atoms with van der Waals surface area (Å²) < 4.78 is 35.3. The topological polar surface area (TPSA) is 0 Å². The fourth-order valence-electron chi connectivity index (χ4n) is 0.480. The molecule has 1 atom stereocenters. The van der Waals surface area contributed by atoms with Gasteiger partial charge in [0.2, 0.25) is 0 Å². The van der Waals surface area contributed by atoms with Crippen LogP contribution in [0, 0.1) is 0 Å². The van der Waals surface area contributed by atoms with Crippen molar-refractivity contribution in [2.45, 2.75) is 25.2 Å². The highest BCUT2D eigenvalue weighted by Crippen LogP contribution is 2.12. The fraction of sp³-hybridized carbons (Fsp3) is 0.667. The number of rotatable bonds is 4. The predicted octanol–water partition coefficient (Wildman–Crippen LogP) is 2.44. The molecule has 0 spiro atoms. The number of alkyl halides is 3. The third kappa shape index (κ3) is 3.71. The lowest BCUT2D eigenvalue weighted by molar-refractivity contribution is 0.0600. The Morgan fingerprint density at radius 1 is 1.50 bits per heavy atom. The molecule has 0 N–H and O–H groups in total. The molecule has 0 saturated heterocycles. The summed E-state index contributed by atoms with van der Waals surface area (Å²) in [7, 11) is -1.06. The molecule has 0 fully saturated rings. The zero-order chi connectivity index (χ0) is 8.15. The Kier molecular flexibility index (Phi) is 4.43. The van der Waals surface area contributed by atoms with Crippen molar-refractivity contribution in [2.24, 2.45) is 0 Å². The molecule has 0 aliphatic heterocycles. The summed E-state index contributed by atoms with van der Waals surface area (Å²) >= 11 is 0. The van der Waals surface area contributed by atoms with E-state index in [1.165, 1.54) is 0 Å². The van der Waals surface area contributed by atoms with Gasteiger partial charge in [-0.3, -0.25) is 0 Å². The van der Waals surface area contributed by atoms with E-state index in [9.17, 15) is 13.2 Å². The van der Waals surface area contributed by atoms with E-state index in [0.717, 1.165) is 0 Å². The van der Waals surface area contributed by atoms with E-state index in [2.05, 4.69) is 6.58 Å². The Labute approximate surface area is 60.3 Å². The van der Waals surface area contributed by atoms with Crippen molar-refractivity contribution in [3.05, 3.63) is 12.3 Å². The maximum Gasteiger partial charge on any atom is 0.269 e. The van der Waals surface area contributed by atoms with Crippen molar-refractivity contribution in [1.29, 1.82) is 0 Å². The molecule has 59 valence electrons. The number of hydrogen-bond donors (Lipinski definition) is 0. The van der Waals surface area contributed by atoms with Crippen LogP contribution >= 0.6 is 0 Å². The summed E-state index contributed by atoms with van der Waals surface area (Å²) in [5.41, 5.74) is 1.57. The lowest BCUT2D eigenvalue weighted by atomic mass is 10.5. The van der Waals surface area contributed by atoms with E-state index in [-0.39, 0.29) is 6.04 Å². The first kappa shape index (κ1) is 9.75. The van der Waals surface area contributed by atoms with Gasteiger partial charge in [-0.2, -0.15) is 0 Å². The van der Waals surface area contributed by atoms with Crippen molar-refractivity contribution < 1.29 is 13.2 Å². The minimum absolute atomic E-state index is 0.0359. The lowest BCUT2D eigenvalue weighted by Crippen LogP contribution is -2.18. The Morgan fingerprint density at radius 2 is 2.00 bits per heavy atom. The molecule has 4 heteroatoms. The van der Waals surface area contributed by atoms with Crippen LogP contribution in [0.1, 0.15) is 0 Å². The molecule has 1 radical (unpaired) electrons. The summed E-state index contributed by atoms with van der Waals surface area (Å²) in [5, 5.41) is 0. The molecule has 0 bridgehead atoms. The zero-order valence-corrected chi connectivity index (χ0v) is 6.78. The summed E-state index contributed by atoms with van der Waals surface area (Å²) in [6.07, 6.45) is -4.79. The third-order valence-electron chi connectivity index (χ3n) is 1.14. The molecule has 1 unspecified atom stereocenters. The van der Waals surface area contributed by atoms with Crippen LogP contribution in [0.15, 0.2) is 12.3 Å². The van der Waals surface area contributed by atoms with Crippen LogP contribution < -0.4 is 0 Å². The summed E-state index contributed by atoms with van der Waals surface area (Å²) in [4.78, 5) is 0. The Morgan fingerprint density at radius 3 is 2.30 bits per heavy atom. The molecule has 10 heavy (non-hydrogen) atoms. The van der Waals surface area contributed by atoms with Crippen molar-refractivity contribution in [2.75, 3.05) is 0 Å². The second-order valence-corrected chi connectivity index (χ2v) is 4.61. The van der Waals surface area contributed by atoms with E-state index < -0.39 is 21.4 Å². The fourth-order valence-corrected chi connectivity index (χ4v) is 1.44. The molecule has 0 aliphatic rings. The minimum atomic E-state index is -2.83. The second kappa shape index (κ2) is 4.55. The average Bonchev–Trinajstić information content (AvgIpc) is 1.87. The van der Waals surface area contributed by atoms with Crippen LogP contribution in [0.25, 0.3) is 0 Å². The van der Waals surface area contributed by atoms with Crippen LogP contribution in [0.3, 0.4) is 0 Å².